The minimum Gasteiger partial charge on any atom is -0.489 e. The van der Waals surface area contributed by atoms with Gasteiger partial charge in [0, 0.05) is 6.54 Å². The maximum atomic E-state index is 12.7. The van der Waals surface area contributed by atoms with Gasteiger partial charge in [0.1, 0.15) is 5.75 Å². The molecule has 0 radical (unpaired) electrons. The zero-order valence-electron chi connectivity index (χ0n) is 20.6. The molecule has 3 saturated heterocycles. The Hall–Kier alpha value is -2.24. The predicted molar refractivity (Wildman–Crippen MR) is 136 cm³/mol. The molecule has 1 N–H and O–H groups in total. The molecule has 34 heavy (non-hydrogen) atoms. The van der Waals surface area contributed by atoms with Crippen LogP contribution in [0.25, 0.3) is 11.1 Å². The zero-order chi connectivity index (χ0) is 24.2. The molecule has 4 aliphatic rings. The van der Waals surface area contributed by atoms with Gasteiger partial charge in [-0.05, 0) is 91.9 Å². The zero-order valence-corrected chi connectivity index (χ0v) is 21.3. The first-order chi connectivity index (χ1) is 16.1. The monoisotopic (exact) mass is 482 g/mol. The Morgan fingerprint density at radius 1 is 1.15 bits per heavy atom. The van der Waals surface area contributed by atoms with E-state index in [2.05, 4.69) is 36.9 Å². The molecule has 5 nitrogen and oxygen atoms in total. The molecular formula is C28H35ClN2O3. The lowest BCUT2D eigenvalue weighted by Gasteiger charge is -2.51. The molecule has 2 bridgehead atoms. The van der Waals surface area contributed by atoms with Crippen LogP contribution in [0.2, 0.25) is 5.02 Å². The number of piperidine rings is 3. The Kier molecular flexibility index (Phi) is 6.06. The second-order valence-electron chi connectivity index (χ2n) is 11.2. The lowest BCUT2D eigenvalue weighted by molar-refractivity contribution is -0.0267. The van der Waals surface area contributed by atoms with Crippen molar-refractivity contribution in [3.63, 3.8) is 0 Å². The van der Waals surface area contributed by atoms with Gasteiger partial charge in [0.05, 0.1) is 23.2 Å². The summed E-state index contributed by atoms with van der Waals surface area (Å²) in [6, 6.07) is 12.3. The van der Waals surface area contributed by atoms with Crippen LogP contribution in [0.3, 0.4) is 0 Å². The number of halogens is 1. The van der Waals surface area contributed by atoms with E-state index in [1.54, 1.807) is 0 Å². The summed E-state index contributed by atoms with van der Waals surface area (Å²) < 4.78 is 5.89. The van der Waals surface area contributed by atoms with Crippen LogP contribution >= 0.6 is 11.6 Å². The highest BCUT2D eigenvalue weighted by Gasteiger charge is 2.50. The molecule has 0 unspecified atom stereocenters. The van der Waals surface area contributed by atoms with Crippen LogP contribution in [0, 0.1) is 11.3 Å². The first kappa shape index (κ1) is 23.5. The fourth-order valence-corrected chi connectivity index (χ4v) is 6.62. The summed E-state index contributed by atoms with van der Waals surface area (Å²) in [5.41, 5.74) is 4.38. The van der Waals surface area contributed by atoms with Gasteiger partial charge >= 0.3 is 6.09 Å². The molecule has 0 spiro atoms. The summed E-state index contributed by atoms with van der Waals surface area (Å²) in [6.45, 7) is 11.5. The average molecular weight is 483 g/mol. The van der Waals surface area contributed by atoms with Crippen molar-refractivity contribution >= 4 is 17.7 Å². The van der Waals surface area contributed by atoms with Crippen LogP contribution in [-0.2, 0) is 6.42 Å². The molecule has 6 heteroatoms. The highest BCUT2D eigenvalue weighted by Crippen LogP contribution is 2.51. The summed E-state index contributed by atoms with van der Waals surface area (Å²) in [6.07, 6.45) is 2.31. The van der Waals surface area contributed by atoms with Crippen molar-refractivity contribution in [2.45, 2.75) is 65.1 Å². The number of hydrogen-bond acceptors (Lipinski definition) is 3. The molecule has 0 aromatic heterocycles. The third-order valence-corrected chi connectivity index (χ3v) is 8.24. The molecule has 1 aliphatic carbocycles. The van der Waals surface area contributed by atoms with Gasteiger partial charge in [0.15, 0.2) is 0 Å². The first-order valence-corrected chi connectivity index (χ1v) is 12.8. The van der Waals surface area contributed by atoms with Crippen molar-refractivity contribution in [1.29, 1.82) is 0 Å². The molecular weight excluding hydrogens is 448 g/mol. The van der Waals surface area contributed by atoms with Crippen LogP contribution in [0.5, 0.6) is 5.75 Å². The Balaban J connectivity index is 1.50. The van der Waals surface area contributed by atoms with Crippen LogP contribution in [-0.4, -0.2) is 52.8 Å². The summed E-state index contributed by atoms with van der Waals surface area (Å²) >= 11 is 6.35. The van der Waals surface area contributed by atoms with E-state index in [0.717, 1.165) is 55.6 Å². The van der Waals surface area contributed by atoms with Crippen LogP contribution in [0.4, 0.5) is 4.79 Å². The fourth-order valence-electron chi connectivity index (χ4n) is 6.46. The lowest BCUT2D eigenvalue weighted by Crippen LogP contribution is -2.60. The summed E-state index contributed by atoms with van der Waals surface area (Å²) in [5, 5.41) is 11.0. The van der Waals surface area contributed by atoms with Crippen molar-refractivity contribution in [3.8, 4) is 16.9 Å². The highest BCUT2D eigenvalue weighted by atomic mass is 35.5. The van der Waals surface area contributed by atoms with E-state index in [-0.39, 0.29) is 23.6 Å². The van der Waals surface area contributed by atoms with E-state index in [1.165, 1.54) is 5.56 Å². The van der Waals surface area contributed by atoms with Gasteiger partial charge in [-0.25, -0.2) is 4.79 Å². The molecule has 6 rings (SSSR count). The third-order valence-electron chi connectivity index (χ3n) is 7.93. The molecule has 3 aliphatic heterocycles. The van der Waals surface area contributed by atoms with E-state index in [0.29, 0.717) is 16.7 Å². The van der Waals surface area contributed by atoms with E-state index in [4.69, 9.17) is 16.3 Å². The first-order valence-electron chi connectivity index (χ1n) is 12.5. The predicted octanol–water partition coefficient (Wildman–Crippen LogP) is 6.49. The van der Waals surface area contributed by atoms with Crippen LogP contribution in [0.15, 0.2) is 36.4 Å². The lowest BCUT2D eigenvalue weighted by atomic mass is 9.79. The van der Waals surface area contributed by atoms with Gasteiger partial charge in [-0.15, -0.1) is 0 Å². The van der Waals surface area contributed by atoms with E-state index in [9.17, 15) is 9.90 Å². The molecule has 182 valence electrons. The number of rotatable bonds is 5. The second-order valence-corrected chi connectivity index (χ2v) is 11.6. The standard InChI is InChI=1S/C28H35ClN2O3/c1-17(2)34-25-14-20(6-8-23(25)29)19-5-7-22-21(13-19)15-28(3,4)26(22)31(27(32)33)24-16-30-11-9-18(24)10-12-30/h5-8,13-14,17-18,24,26H,9-12,15-16H2,1-4H3,(H,32,33)/t24-,26+/m1/s1. The SMILES string of the molecule is CC(C)Oc1cc(-c2ccc3c(c2)CC(C)(C)[C@H]3N(C(=O)O)[C@@H]2CN3CCC2CC3)ccc1Cl. The maximum Gasteiger partial charge on any atom is 0.408 e. The molecule has 1 amide bonds. The third kappa shape index (κ3) is 4.18. The molecule has 3 fully saturated rings. The van der Waals surface area contributed by atoms with Crippen LogP contribution < -0.4 is 4.74 Å². The minimum absolute atomic E-state index is 0.0442. The number of carbonyl (C=O) groups is 1. The number of fused-ring (bicyclic) bond motifs is 4. The van der Waals surface area contributed by atoms with E-state index < -0.39 is 6.09 Å². The normalized spacial score (nSPS) is 27.0. The number of benzene rings is 2. The van der Waals surface area contributed by atoms with Crippen molar-refractivity contribution < 1.29 is 14.6 Å². The van der Waals surface area contributed by atoms with E-state index >= 15 is 0 Å². The molecule has 2 aromatic carbocycles. The molecule has 2 atom stereocenters. The fraction of sp³-hybridized carbons (Fsp3) is 0.536. The van der Waals surface area contributed by atoms with Crippen molar-refractivity contribution in [3.05, 3.63) is 52.5 Å². The van der Waals surface area contributed by atoms with Gasteiger partial charge in [-0.2, -0.15) is 0 Å². The van der Waals surface area contributed by atoms with Gasteiger partial charge in [0.25, 0.3) is 0 Å². The Bertz CT molecular complexity index is 1090. The summed E-state index contributed by atoms with van der Waals surface area (Å²) in [4.78, 5) is 16.9. The number of carboxylic acid groups (broad SMARTS) is 1. The number of nitrogens with zero attached hydrogens (tertiary/aromatic N) is 2. The Labute approximate surface area is 207 Å². The molecule has 0 saturated carbocycles. The summed E-state index contributed by atoms with van der Waals surface area (Å²) in [7, 11) is 0. The average Bonchev–Trinajstić information content (AvgIpc) is 3.05. The van der Waals surface area contributed by atoms with E-state index in [1.807, 2.05) is 36.9 Å². The van der Waals surface area contributed by atoms with Crippen molar-refractivity contribution in [2.24, 2.45) is 11.3 Å². The van der Waals surface area contributed by atoms with Gasteiger partial charge in [-0.3, -0.25) is 4.90 Å². The van der Waals surface area contributed by atoms with Crippen molar-refractivity contribution in [1.82, 2.24) is 9.80 Å². The van der Waals surface area contributed by atoms with Crippen molar-refractivity contribution in [2.75, 3.05) is 19.6 Å². The Morgan fingerprint density at radius 3 is 2.44 bits per heavy atom. The van der Waals surface area contributed by atoms with Gasteiger partial charge in [0.2, 0.25) is 0 Å². The van der Waals surface area contributed by atoms with Gasteiger partial charge in [-0.1, -0.05) is 49.7 Å². The quantitative estimate of drug-likeness (QED) is 0.529. The maximum absolute atomic E-state index is 12.7. The number of ether oxygens (including phenoxy) is 1. The number of hydrogen-bond donors (Lipinski definition) is 1. The minimum atomic E-state index is -0.790. The highest BCUT2D eigenvalue weighted by molar-refractivity contribution is 6.32. The van der Waals surface area contributed by atoms with Crippen LogP contribution in [0.1, 0.15) is 57.7 Å². The number of amides is 1. The largest absolute Gasteiger partial charge is 0.489 e. The molecule has 3 heterocycles. The van der Waals surface area contributed by atoms with Gasteiger partial charge < -0.3 is 14.7 Å². The smallest absolute Gasteiger partial charge is 0.408 e. The second kappa shape index (κ2) is 8.76. The summed E-state index contributed by atoms with van der Waals surface area (Å²) in [5.74, 6) is 1.15. The topological polar surface area (TPSA) is 53.0 Å². The molecule has 2 aromatic rings. The Morgan fingerprint density at radius 2 is 1.82 bits per heavy atom.